The maximum atomic E-state index is 14.4. The number of aromatic nitrogens is 2. The van der Waals surface area contributed by atoms with Gasteiger partial charge < -0.3 is 26.4 Å². The van der Waals surface area contributed by atoms with Crippen LogP contribution in [0.1, 0.15) is 39.7 Å². The second kappa shape index (κ2) is 11.6. The molecule has 4 rings (SSSR count). The fourth-order valence-corrected chi connectivity index (χ4v) is 4.14. The zero-order valence-electron chi connectivity index (χ0n) is 22.1. The Morgan fingerprint density at radius 3 is 2.53 bits per heavy atom. The molecule has 194 valence electrons. The molecule has 2 aromatic heterocycles. The molecule has 1 unspecified atom stereocenters. The lowest BCUT2D eigenvalue weighted by Gasteiger charge is -2.26. The summed E-state index contributed by atoms with van der Waals surface area (Å²) in [6, 6.07) is 9.44. The number of pyridine rings is 2. The molecule has 1 fully saturated rings. The number of benzene rings is 1. The molecule has 1 saturated heterocycles. The summed E-state index contributed by atoms with van der Waals surface area (Å²) in [7, 11) is 3.50. The molecular weight excluding hydrogens is 457 g/mol. The topological polar surface area (TPSA) is 112 Å². The van der Waals surface area contributed by atoms with Crippen molar-refractivity contribution >= 4 is 28.8 Å². The molecule has 0 aliphatic carbocycles. The van der Waals surface area contributed by atoms with Crippen molar-refractivity contribution in [1.29, 1.82) is 0 Å². The van der Waals surface area contributed by atoms with E-state index in [1.54, 1.807) is 19.2 Å². The van der Waals surface area contributed by atoms with Gasteiger partial charge in [-0.2, -0.15) is 0 Å². The summed E-state index contributed by atoms with van der Waals surface area (Å²) < 4.78 is 14.4. The smallest absolute Gasteiger partial charge is 0.189 e. The molecule has 36 heavy (non-hydrogen) atoms. The van der Waals surface area contributed by atoms with Crippen LogP contribution < -0.4 is 21.3 Å². The molecule has 1 aliphatic rings. The van der Waals surface area contributed by atoms with Crippen LogP contribution in [0.3, 0.4) is 0 Å². The second-order valence-electron chi connectivity index (χ2n) is 9.91. The van der Waals surface area contributed by atoms with Gasteiger partial charge in [0.1, 0.15) is 5.82 Å². The number of nitrogens with two attached hydrogens (primary N) is 1. The number of nitrogens with zero attached hydrogens (tertiary/aromatic N) is 4. The van der Waals surface area contributed by atoms with E-state index in [0.717, 1.165) is 37.4 Å². The van der Waals surface area contributed by atoms with Crippen LogP contribution in [0.4, 0.5) is 15.9 Å². The number of phenolic OH excluding ortho intramolecular Hbond substituents is 1. The molecule has 1 aromatic carbocycles. The monoisotopic (exact) mass is 495 g/mol. The lowest BCUT2D eigenvalue weighted by molar-refractivity contribution is 0.373. The number of halogens is 1. The van der Waals surface area contributed by atoms with E-state index in [2.05, 4.69) is 53.2 Å². The van der Waals surface area contributed by atoms with Crippen molar-refractivity contribution in [3.8, 4) is 17.0 Å². The lowest BCUT2D eigenvalue weighted by Crippen LogP contribution is -2.44. The first-order chi connectivity index (χ1) is 17.1. The molecule has 8 nitrogen and oxygen atoms in total. The van der Waals surface area contributed by atoms with Gasteiger partial charge in [0.15, 0.2) is 11.6 Å². The second-order valence-corrected chi connectivity index (χ2v) is 9.91. The first-order valence-electron chi connectivity index (χ1n) is 12.3. The first-order valence-corrected chi connectivity index (χ1v) is 12.3. The summed E-state index contributed by atoms with van der Waals surface area (Å²) >= 11 is 0. The molecule has 0 spiro atoms. The van der Waals surface area contributed by atoms with Gasteiger partial charge in [0, 0.05) is 49.1 Å². The molecule has 5 N–H and O–H groups in total. The van der Waals surface area contributed by atoms with Gasteiger partial charge in [0.2, 0.25) is 0 Å². The Kier molecular flexibility index (Phi) is 8.81. The number of aliphatic imine (C=N–C) groups is 1. The van der Waals surface area contributed by atoms with Crippen LogP contribution in [-0.4, -0.2) is 66.6 Å². The molecule has 9 heteroatoms. The van der Waals surface area contributed by atoms with Crippen molar-refractivity contribution in [3.63, 3.8) is 0 Å². The zero-order valence-corrected chi connectivity index (χ0v) is 22.1. The highest BCUT2D eigenvalue weighted by molar-refractivity contribution is 5.91. The summed E-state index contributed by atoms with van der Waals surface area (Å²) in [6.45, 7) is 11.5. The Hall–Kier alpha value is -3.30. The van der Waals surface area contributed by atoms with E-state index in [1.807, 2.05) is 25.2 Å². The molecule has 3 heterocycles. The molecule has 0 amide bonds. The number of hydrogen-bond donors (Lipinski definition) is 4. The lowest BCUT2D eigenvalue weighted by atomic mass is 10.0. The Balaban J connectivity index is 0.000000840. The number of anilines is 2. The predicted octanol–water partition coefficient (Wildman–Crippen LogP) is 3.96. The highest BCUT2D eigenvalue weighted by Crippen LogP contribution is 2.36. The third kappa shape index (κ3) is 6.47. The molecule has 3 aromatic rings. The highest BCUT2D eigenvalue weighted by atomic mass is 19.1. The van der Waals surface area contributed by atoms with Gasteiger partial charge in [0.25, 0.3) is 0 Å². The number of phenols is 1. The van der Waals surface area contributed by atoms with Crippen molar-refractivity contribution < 1.29 is 9.50 Å². The average Bonchev–Trinajstić information content (AvgIpc) is 3.30. The fraction of sp³-hybridized carbons (Fsp3) is 0.444. The highest BCUT2D eigenvalue weighted by Gasteiger charge is 2.26. The van der Waals surface area contributed by atoms with Gasteiger partial charge in [-0.15, -0.1) is 0 Å². The van der Waals surface area contributed by atoms with E-state index in [-0.39, 0.29) is 16.8 Å². The zero-order chi connectivity index (χ0) is 26.5. The Bertz CT molecular complexity index is 1220. The Morgan fingerprint density at radius 1 is 1.22 bits per heavy atom. The molecule has 0 saturated carbocycles. The predicted molar refractivity (Wildman–Crippen MR) is 148 cm³/mol. The maximum Gasteiger partial charge on any atom is 0.189 e. The summed E-state index contributed by atoms with van der Waals surface area (Å²) in [6.07, 6.45) is 2.52. The van der Waals surface area contributed by atoms with Crippen LogP contribution in [0, 0.1) is 5.82 Å². The molecule has 1 aliphatic heterocycles. The van der Waals surface area contributed by atoms with E-state index in [9.17, 15) is 9.50 Å². The van der Waals surface area contributed by atoms with Crippen molar-refractivity contribution in [2.45, 2.75) is 45.7 Å². The van der Waals surface area contributed by atoms with Crippen LogP contribution in [0.15, 0.2) is 35.3 Å². The van der Waals surface area contributed by atoms with Gasteiger partial charge >= 0.3 is 0 Å². The van der Waals surface area contributed by atoms with Gasteiger partial charge in [0.05, 0.1) is 22.4 Å². The van der Waals surface area contributed by atoms with E-state index < -0.39 is 11.6 Å². The summed E-state index contributed by atoms with van der Waals surface area (Å²) in [4.78, 5) is 15.6. The largest absolute Gasteiger partial charge is 0.504 e. The normalized spacial score (nSPS) is 16.0. The average molecular weight is 496 g/mol. The van der Waals surface area contributed by atoms with Crippen LogP contribution in [0.25, 0.3) is 22.3 Å². The van der Waals surface area contributed by atoms with E-state index >= 15 is 0 Å². The number of nitrogens with one attached hydrogen (secondary N) is 2. The number of rotatable bonds is 5. The van der Waals surface area contributed by atoms with Crippen molar-refractivity contribution in [1.82, 2.24) is 20.6 Å². The van der Waals surface area contributed by atoms with Gasteiger partial charge in [-0.25, -0.2) is 14.4 Å². The Labute approximate surface area is 212 Å². The minimum Gasteiger partial charge on any atom is -0.504 e. The molecular formula is C27H38FN7O. The SMILES string of the molecule is CCNC.CN=Cc1cc(-c2ccc3nc(N4CCC(NC(C)(C)C)C4)ccc3n2)c(O)c(F)c1N. The van der Waals surface area contributed by atoms with Crippen LogP contribution in [0.2, 0.25) is 0 Å². The number of nitrogen functional groups attached to an aromatic ring is 1. The Morgan fingerprint density at radius 2 is 1.89 bits per heavy atom. The number of aromatic hydroxyl groups is 1. The minimum absolute atomic E-state index is 0.0772. The van der Waals surface area contributed by atoms with Crippen molar-refractivity contribution in [2.24, 2.45) is 4.99 Å². The molecule has 0 bridgehead atoms. The minimum atomic E-state index is -0.875. The third-order valence-corrected chi connectivity index (χ3v) is 5.89. The van der Waals surface area contributed by atoms with Gasteiger partial charge in [-0.05, 0) is 71.1 Å². The summed E-state index contributed by atoms with van der Waals surface area (Å²) in [5.41, 5.74) is 8.18. The maximum absolute atomic E-state index is 14.4. The van der Waals surface area contributed by atoms with Crippen LogP contribution in [-0.2, 0) is 0 Å². The van der Waals surface area contributed by atoms with E-state index in [4.69, 9.17) is 10.7 Å². The number of hydrogen-bond acceptors (Lipinski definition) is 8. The van der Waals surface area contributed by atoms with E-state index in [0.29, 0.717) is 22.8 Å². The quantitative estimate of drug-likeness (QED) is 0.313. The van der Waals surface area contributed by atoms with E-state index in [1.165, 1.54) is 6.21 Å². The van der Waals surface area contributed by atoms with Crippen LogP contribution in [0.5, 0.6) is 5.75 Å². The number of fused-ring (bicyclic) bond motifs is 1. The first kappa shape index (κ1) is 27.3. The van der Waals surface area contributed by atoms with Crippen molar-refractivity contribution in [2.75, 3.05) is 44.4 Å². The van der Waals surface area contributed by atoms with Crippen LogP contribution >= 0.6 is 0 Å². The third-order valence-electron chi connectivity index (χ3n) is 5.89. The van der Waals surface area contributed by atoms with Gasteiger partial charge in [-0.3, -0.25) is 4.99 Å². The summed E-state index contributed by atoms with van der Waals surface area (Å²) in [5, 5.41) is 16.9. The molecule has 1 atom stereocenters. The van der Waals surface area contributed by atoms with Crippen molar-refractivity contribution in [3.05, 3.63) is 41.7 Å². The fourth-order valence-electron chi connectivity index (χ4n) is 4.14. The van der Waals surface area contributed by atoms with Gasteiger partial charge in [-0.1, -0.05) is 6.92 Å². The summed E-state index contributed by atoms with van der Waals surface area (Å²) in [5.74, 6) is -0.491. The standard InChI is InChI=1S/C24H29FN6O.C3H9N/c1-24(2,3)30-15-9-10-31(13-15)20-8-7-18-19(29-20)6-5-17(28-18)16-11-14(12-27-4)22(26)21(25)23(16)32;1-3-4-2/h5-8,11-12,15,30,32H,9-10,13,26H2,1-4H3;4H,3H2,1-2H3. The molecule has 0 radical (unpaired) electrons.